The number of carbonyl (C=O) groups excluding carboxylic acids is 4. The fourth-order valence-corrected chi connectivity index (χ4v) is 11.4. The first-order valence-corrected chi connectivity index (χ1v) is 23.7. The van der Waals surface area contributed by atoms with Crippen molar-refractivity contribution in [3.8, 4) is 11.1 Å². The number of halogens is 4. The molecule has 20 heteroatoms. The van der Waals surface area contributed by atoms with Gasteiger partial charge >= 0.3 is 10.2 Å². The number of aromatic nitrogens is 2. The second kappa shape index (κ2) is 17.4. The molecule has 0 saturated carbocycles. The number of pyridine rings is 1. The van der Waals surface area contributed by atoms with Crippen molar-refractivity contribution in [2.75, 3.05) is 73.4 Å². The Bertz CT molecular complexity index is 2910. The standard InChI is InChI=1S/C47H47F4N9O6S/c48-30-13-16-60(22-30)67(65,66)56-38-8-7-36(49)41(42(38)51)43(62)35-20-53-44-34(35)17-29(19-52-44)28-1-3-31(4-2-28)59-25-47(26-59)23-57(24-47)21-27-11-14-58(15-12-27)32-5-6-33(37(50)18-32)45(63)54-39-9-10-40(61)55-46(39)64/h1-8,17-20,27,30,39,56H,9-16,21-26H2,(H,52,53)(H,54,63)(H,55,61,64)/t30-,39-/m1/s1. The Kier molecular flexibility index (Phi) is 11.5. The lowest BCUT2D eigenvalue weighted by molar-refractivity contribution is -0.134. The first-order valence-electron chi connectivity index (χ1n) is 22.3. The van der Waals surface area contributed by atoms with Crippen molar-refractivity contribution in [2.24, 2.45) is 11.3 Å². The van der Waals surface area contributed by atoms with Crippen LogP contribution in [0.3, 0.4) is 0 Å². The van der Waals surface area contributed by atoms with Gasteiger partial charge in [-0.3, -0.25) is 29.2 Å². The molecule has 4 N–H and O–H groups in total. The van der Waals surface area contributed by atoms with E-state index >= 15 is 13.2 Å². The van der Waals surface area contributed by atoms with Crippen LogP contribution in [0.25, 0.3) is 22.2 Å². The van der Waals surface area contributed by atoms with Gasteiger partial charge in [0.2, 0.25) is 17.6 Å². The van der Waals surface area contributed by atoms with E-state index in [1.54, 1.807) is 18.3 Å². The van der Waals surface area contributed by atoms with Gasteiger partial charge in [-0.15, -0.1) is 0 Å². The summed E-state index contributed by atoms with van der Waals surface area (Å²) in [7, 11) is -4.36. The molecule has 10 rings (SSSR count). The molecule has 3 amide bonds. The Morgan fingerprint density at radius 2 is 1.57 bits per heavy atom. The third-order valence-electron chi connectivity index (χ3n) is 13.7. The van der Waals surface area contributed by atoms with Crippen LogP contribution in [0.4, 0.5) is 34.6 Å². The largest absolute Gasteiger partial charge is 0.371 e. The van der Waals surface area contributed by atoms with E-state index in [-0.39, 0.29) is 42.3 Å². The maximum atomic E-state index is 15.7. The van der Waals surface area contributed by atoms with Crippen LogP contribution in [0, 0.1) is 28.8 Å². The Labute approximate surface area is 383 Å². The van der Waals surface area contributed by atoms with E-state index < -0.39 is 81.2 Å². The second-order valence-electron chi connectivity index (χ2n) is 18.4. The lowest BCUT2D eigenvalue weighted by Gasteiger charge is -2.61. The summed E-state index contributed by atoms with van der Waals surface area (Å²) in [5, 5.41) is 5.04. The van der Waals surface area contributed by atoms with Crippen LogP contribution in [0.15, 0.2) is 73.1 Å². The number of nitrogens with zero attached hydrogens (tertiary/aromatic N) is 5. The van der Waals surface area contributed by atoms with Gasteiger partial charge in [-0.1, -0.05) is 12.1 Å². The first kappa shape index (κ1) is 44.5. The highest BCUT2D eigenvalue weighted by Gasteiger charge is 2.52. The molecule has 2 aromatic heterocycles. The average Bonchev–Trinajstić information content (AvgIpc) is 3.93. The summed E-state index contributed by atoms with van der Waals surface area (Å²) >= 11 is 0. The van der Waals surface area contributed by atoms with E-state index in [1.807, 2.05) is 29.0 Å². The van der Waals surface area contributed by atoms with E-state index in [0.717, 1.165) is 86.3 Å². The molecular formula is C47H47F4N9O6S. The number of imide groups is 1. The van der Waals surface area contributed by atoms with Crippen molar-refractivity contribution in [3.63, 3.8) is 0 Å². The first-order chi connectivity index (χ1) is 32.1. The molecule has 0 aliphatic carbocycles. The number of H-pyrrole nitrogens is 1. The summed E-state index contributed by atoms with van der Waals surface area (Å²) in [6.45, 7) is 5.97. The summed E-state index contributed by atoms with van der Waals surface area (Å²) in [6, 6.07) is 15.0. The molecular weight excluding hydrogens is 895 g/mol. The van der Waals surface area contributed by atoms with Gasteiger partial charge < -0.3 is 25.0 Å². The van der Waals surface area contributed by atoms with Crippen molar-refractivity contribution in [1.29, 1.82) is 0 Å². The van der Waals surface area contributed by atoms with Crippen LogP contribution in [-0.2, 0) is 19.8 Å². The number of nitrogens with one attached hydrogen (secondary N) is 4. The van der Waals surface area contributed by atoms with Crippen molar-refractivity contribution in [1.82, 2.24) is 29.8 Å². The van der Waals surface area contributed by atoms with Gasteiger partial charge in [0.05, 0.1) is 16.8 Å². The van der Waals surface area contributed by atoms with E-state index in [0.29, 0.717) is 28.2 Å². The quantitative estimate of drug-likeness (QED) is 0.0743. The van der Waals surface area contributed by atoms with Crippen LogP contribution in [0.2, 0.25) is 0 Å². The van der Waals surface area contributed by atoms with Gasteiger partial charge in [0.1, 0.15) is 29.5 Å². The van der Waals surface area contributed by atoms with Crippen molar-refractivity contribution in [2.45, 2.75) is 44.3 Å². The number of carbonyl (C=O) groups is 4. The number of fused-ring (bicyclic) bond motifs is 1. The Morgan fingerprint density at radius 1 is 0.821 bits per heavy atom. The average molecular weight is 942 g/mol. The van der Waals surface area contributed by atoms with E-state index in [4.69, 9.17) is 0 Å². The van der Waals surface area contributed by atoms with Gasteiger partial charge in [-0.25, -0.2) is 22.5 Å². The molecule has 3 aromatic carbocycles. The zero-order valence-corrected chi connectivity index (χ0v) is 37.0. The van der Waals surface area contributed by atoms with Crippen LogP contribution in [0.5, 0.6) is 0 Å². The molecule has 5 saturated heterocycles. The number of hydrogen-bond acceptors (Lipinski definition) is 10. The summed E-state index contributed by atoms with van der Waals surface area (Å²) < 4.78 is 88.2. The molecule has 0 unspecified atom stereocenters. The fourth-order valence-electron chi connectivity index (χ4n) is 10.2. The monoisotopic (exact) mass is 941 g/mol. The van der Waals surface area contributed by atoms with E-state index in [1.165, 1.54) is 18.3 Å². The molecule has 5 aliphatic heterocycles. The van der Waals surface area contributed by atoms with Crippen LogP contribution in [0.1, 0.15) is 58.4 Å². The lowest BCUT2D eigenvalue weighted by Crippen LogP contribution is -2.72. The maximum Gasteiger partial charge on any atom is 0.301 e. The van der Waals surface area contributed by atoms with Gasteiger partial charge in [-0.05, 0) is 85.7 Å². The molecule has 350 valence electrons. The minimum absolute atomic E-state index is 0.00142. The number of amides is 3. The Hall–Kier alpha value is -6.38. The van der Waals surface area contributed by atoms with Crippen molar-refractivity contribution >= 4 is 61.8 Å². The summed E-state index contributed by atoms with van der Waals surface area (Å²) in [4.78, 5) is 64.2. The minimum atomic E-state index is -4.36. The van der Waals surface area contributed by atoms with Gasteiger partial charge in [0.15, 0.2) is 5.82 Å². The van der Waals surface area contributed by atoms with Crippen LogP contribution < -0.4 is 25.2 Å². The van der Waals surface area contributed by atoms with Crippen LogP contribution >= 0.6 is 0 Å². The number of piperidine rings is 2. The topological polar surface area (TPSA) is 180 Å². The number of benzene rings is 3. The normalized spacial score (nSPS) is 21.3. The number of anilines is 3. The fraction of sp³-hybridized carbons (Fsp3) is 0.383. The predicted molar refractivity (Wildman–Crippen MR) is 241 cm³/mol. The zero-order valence-electron chi connectivity index (χ0n) is 36.2. The highest BCUT2D eigenvalue weighted by molar-refractivity contribution is 7.90. The minimum Gasteiger partial charge on any atom is -0.371 e. The number of alkyl halides is 1. The molecule has 5 fully saturated rings. The molecule has 0 radical (unpaired) electrons. The number of hydrogen-bond donors (Lipinski definition) is 4. The molecule has 7 heterocycles. The van der Waals surface area contributed by atoms with Crippen molar-refractivity contribution in [3.05, 3.63) is 107 Å². The molecule has 5 aromatic rings. The molecule has 0 bridgehead atoms. The number of rotatable bonds is 12. The number of likely N-dealkylation sites (tertiary alicyclic amines) is 1. The third-order valence-corrected chi connectivity index (χ3v) is 15.2. The van der Waals surface area contributed by atoms with Gasteiger partial charge in [0, 0.05) is 111 Å². The lowest BCUT2D eigenvalue weighted by atomic mass is 9.72. The SMILES string of the molecule is O=C1CC[C@@H](NC(=O)c2ccc(N3CCC(CN4CC5(C4)CN(c4ccc(-c6cnc7[nH]cc(C(=O)c8c(F)ccc(NS(=O)(=O)N9CC[C@@H](F)C9)c8F)c7c6)cc4)C5)CC3)cc2F)C(=O)N1. The molecule has 15 nitrogen and oxygen atoms in total. The van der Waals surface area contributed by atoms with Gasteiger partial charge in [0.25, 0.3) is 5.91 Å². The van der Waals surface area contributed by atoms with E-state index in [2.05, 4.69) is 35.3 Å². The summed E-state index contributed by atoms with van der Waals surface area (Å²) in [5.41, 5.74) is 2.05. The highest BCUT2D eigenvalue weighted by Crippen LogP contribution is 2.43. The van der Waals surface area contributed by atoms with Gasteiger partial charge in [-0.2, -0.15) is 12.7 Å². The second-order valence-corrected chi connectivity index (χ2v) is 20.1. The number of ketones is 1. The number of aromatic amines is 1. The molecule has 1 spiro atoms. The Balaban J connectivity index is 0.707. The predicted octanol–water partition coefficient (Wildman–Crippen LogP) is 5.15. The third kappa shape index (κ3) is 8.73. The Morgan fingerprint density at radius 3 is 2.27 bits per heavy atom. The van der Waals surface area contributed by atoms with Crippen molar-refractivity contribution < 1.29 is 45.2 Å². The summed E-state index contributed by atoms with van der Waals surface area (Å²) in [6.07, 6.45) is 3.80. The summed E-state index contributed by atoms with van der Waals surface area (Å²) in [5.74, 6) is -5.40. The molecule has 67 heavy (non-hydrogen) atoms. The molecule has 2 atom stereocenters. The van der Waals surface area contributed by atoms with Crippen LogP contribution in [-0.4, -0.2) is 122 Å². The maximum absolute atomic E-state index is 15.7. The highest BCUT2D eigenvalue weighted by atomic mass is 32.2. The zero-order chi connectivity index (χ0) is 46.8. The smallest absolute Gasteiger partial charge is 0.301 e. The molecule has 5 aliphatic rings. The van der Waals surface area contributed by atoms with E-state index in [9.17, 15) is 32.0 Å².